The standard InChI is InChI=1S/C11H11N3O4/c1-2-10-12-11(18-13-10)7-17-9-5-3-4-8(6-9)14(15)16/h3-6H,2,7H2,1H3. The molecule has 1 aromatic heterocycles. The first-order valence-electron chi connectivity index (χ1n) is 5.37. The molecule has 0 fully saturated rings. The molecule has 2 rings (SSSR count). The lowest BCUT2D eigenvalue weighted by Crippen LogP contribution is -1.97. The molecule has 1 aromatic carbocycles. The molecular formula is C11H11N3O4. The molecule has 0 saturated carbocycles. The predicted molar refractivity (Wildman–Crippen MR) is 61.1 cm³/mol. The Bertz CT molecular complexity index is 553. The van der Waals surface area contributed by atoms with Gasteiger partial charge in [-0.2, -0.15) is 4.98 Å². The molecule has 0 saturated heterocycles. The number of aryl methyl sites for hydroxylation is 1. The van der Waals surface area contributed by atoms with Crippen molar-refractivity contribution in [3.05, 3.63) is 46.1 Å². The Balaban J connectivity index is 2.01. The molecule has 0 amide bonds. The van der Waals surface area contributed by atoms with E-state index >= 15 is 0 Å². The number of aromatic nitrogens is 2. The van der Waals surface area contributed by atoms with Crippen LogP contribution in [0.2, 0.25) is 0 Å². The lowest BCUT2D eigenvalue weighted by Gasteiger charge is -2.02. The highest BCUT2D eigenvalue weighted by molar-refractivity contribution is 5.37. The highest BCUT2D eigenvalue weighted by Crippen LogP contribution is 2.19. The van der Waals surface area contributed by atoms with Gasteiger partial charge >= 0.3 is 0 Å². The molecule has 0 radical (unpaired) electrons. The normalized spacial score (nSPS) is 10.3. The van der Waals surface area contributed by atoms with Gasteiger partial charge in [-0.05, 0) is 6.07 Å². The second kappa shape index (κ2) is 5.26. The fourth-order valence-electron chi connectivity index (χ4n) is 1.32. The van der Waals surface area contributed by atoms with Gasteiger partial charge in [0.2, 0.25) is 0 Å². The zero-order valence-electron chi connectivity index (χ0n) is 9.70. The SMILES string of the molecule is CCc1noc(COc2cccc([N+](=O)[O-])c2)n1. The van der Waals surface area contributed by atoms with Gasteiger partial charge in [0.05, 0.1) is 11.0 Å². The molecule has 0 bridgehead atoms. The number of nitrogens with zero attached hydrogens (tertiary/aromatic N) is 3. The molecule has 2 aromatic rings. The van der Waals surface area contributed by atoms with E-state index in [1.807, 2.05) is 6.92 Å². The molecule has 0 aliphatic carbocycles. The summed E-state index contributed by atoms with van der Waals surface area (Å²) in [6, 6.07) is 5.93. The average molecular weight is 249 g/mol. The van der Waals surface area contributed by atoms with Crippen molar-refractivity contribution in [3.63, 3.8) is 0 Å². The number of rotatable bonds is 5. The van der Waals surface area contributed by atoms with Crippen molar-refractivity contribution in [1.29, 1.82) is 0 Å². The van der Waals surface area contributed by atoms with Crippen molar-refractivity contribution in [2.45, 2.75) is 20.0 Å². The van der Waals surface area contributed by atoms with E-state index in [0.717, 1.165) is 0 Å². The molecule has 0 aliphatic rings. The first-order valence-corrected chi connectivity index (χ1v) is 5.37. The van der Waals surface area contributed by atoms with Crippen LogP contribution in [0.1, 0.15) is 18.6 Å². The highest BCUT2D eigenvalue weighted by Gasteiger charge is 2.08. The monoisotopic (exact) mass is 249 g/mol. The smallest absolute Gasteiger partial charge is 0.273 e. The van der Waals surface area contributed by atoms with Gasteiger partial charge in [0, 0.05) is 12.5 Å². The largest absolute Gasteiger partial charge is 0.484 e. The van der Waals surface area contributed by atoms with Gasteiger partial charge in [-0.3, -0.25) is 10.1 Å². The molecule has 0 N–H and O–H groups in total. The number of nitro benzene ring substituents is 1. The van der Waals surface area contributed by atoms with Crippen LogP contribution < -0.4 is 4.74 Å². The molecule has 0 spiro atoms. The first-order chi connectivity index (χ1) is 8.69. The quantitative estimate of drug-likeness (QED) is 0.595. The Morgan fingerprint density at radius 3 is 3.00 bits per heavy atom. The number of benzene rings is 1. The van der Waals surface area contributed by atoms with E-state index < -0.39 is 4.92 Å². The molecule has 1 heterocycles. The van der Waals surface area contributed by atoms with Gasteiger partial charge < -0.3 is 9.26 Å². The third kappa shape index (κ3) is 2.82. The number of ether oxygens (including phenoxy) is 1. The van der Waals surface area contributed by atoms with Crippen LogP contribution in [0.5, 0.6) is 5.75 Å². The van der Waals surface area contributed by atoms with Crippen molar-refractivity contribution in [2.24, 2.45) is 0 Å². The van der Waals surface area contributed by atoms with Gasteiger partial charge in [0.25, 0.3) is 11.6 Å². The minimum absolute atomic E-state index is 0.0210. The molecule has 0 aliphatic heterocycles. The Hall–Kier alpha value is -2.44. The molecule has 7 heteroatoms. The van der Waals surface area contributed by atoms with Crippen molar-refractivity contribution < 1.29 is 14.2 Å². The molecule has 18 heavy (non-hydrogen) atoms. The van der Waals surface area contributed by atoms with Gasteiger partial charge in [-0.25, -0.2) is 0 Å². The maximum atomic E-state index is 10.6. The van der Waals surface area contributed by atoms with Crippen molar-refractivity contribution in [3.8, 4) is 5.75 Å². The fourth-order valence-corrected chi connectivity index (χ4v) is 1.32. The second-order valence-corrected chi connectivity index (χ2v) is 3.50. The summed E-state index contributed by atoms with van der Waals surface area (Å²) in [7, 11) is 0. The van der Waals surface area contributed by atoms with E-state index in [1.54, 1.807) is 12.1 Å². The van der Waals surface area contributed by atoms with E-state index in [9.17, 15) is 10.1 Å². The summed E-state index contributed by atoms with van der Waals surface area (Å²) in [6.07, 6.45) is 0.681. The molecular weight excluding hydrogens is 238 g/mol. The van der Waals surface area contributed by atoms with Gasteiger partial charge in [-0.15, -0.1) is 0 Å². The Morgan fingerprint density at radius 2 is 2.33 bits per heavy atom. The Labute approximate surface area is 103 Å². The Morgan fingerprint density at radius 1 is 1.50 bits per heavy atom. The van der Waals surface area contributed by atoms with Crippen LogP contribution in [0, 0.1) is 10.1 Å². The highest BCUT2D eigenvalue weighted by atomic mass is 16.6. The maximum Gasteiger partial charge on any atom is 0.273 e. The maximum absolute atomic E-state index is 10.6. The third-order valence-electron chi connectivity index (χ3n) is 2.22. The van der Waals surface area contributed by atoms with Crippen LogP contribution in [0.25, 0.3) is 0 Å². The van der Waals surface area contributed by atoms with E-state index in [4.69, 9.17) is 9.26 Å². The van der Waals surface area contributed by atoms with Gasteiger partial charge in [0.1, 0.15) is 5.75 Å². The van der Waals surface area contributed by atoms with Crippen LogP contribution in [-0.2, 0) is 13.0 Å². The fraction of sp³-hybridized carbons (Fsp3) is 0.273. The summed E-state index contributed by atoms with van der Waals surface area (Å²) >= 11 is 0. The first kappa shape index (κ1) is 12.0. The summed E-state index contributed by atoms with van der Waals surface area (Å²) in [6.45, 7) is 2.00. The van der Waals surface area contributed by atoms with Crippen LogP contribution in [0.4, 0.5) is 5.69 Å². The zero-order chi connectivity index (χ0) is 13.0. The molecule has 94 valence electrons. The minimum atomic E-state index is -0.477. The van der Waals surface area contributed by atoms with Gasteiger partial charge in [0.15, 0.2) is 12.4 Å². The summed E-state index contributed by atoms with van der Waals surface area (Å²) < 4.78 is 10.3. The van der Waals surface area contributed by atoms with Crippen molar-refractivity contribution >= 4 is 5.69 Å². The number of non-ortho nitro benzene ring substituents is 1. The van der Waals surface area contributed by atoms with Crippen LogP contribution in [-0.4, -0.2) is 15.1 Å². The zero-order valence-corrected chi connectivity index (χ0v) is 9.70. The summed E-state index contributed by atoms with van der Waals surface area (Å²) in [5, 5.41) is 14.3. The van der Waals surface area contributed by atoms with E-state index in [0.29, 0.717) is 23.9 Å². The summed E-state index contributed by atoms with van der Waals surface area (Å²) in [5.74, 6) is 1.34. The van der Waals surface area contributed by atoms with Crippen LogP contribution in [0.3, 0.4) is 0 Å². The lowest BCUT2D eigenvalue weighted by molar-refractivity contribution is -0.384. The Kier molecular flexibility index (Phi) is 3.52. The third-order valence-corrected chi connectivity index (χ3v) is 2.22. The van der Waals surface area contributed by atoms with E-state index in [2.05, 4.69) is 10.1 Å². The number of hydrogen-bond acceptors (Lipinski definition) is 6. The van der Waals surface area contributed by atoms with E-state index in [1.165, 1.54) is 12.1 Å². The topological polar surface area (TPSA) is 91.3 Å². The van der Waals surface area contributed by atoms with E-state index in [-0.39, 0.29) is 12.3 Å². The minimum Gasteiger partial charge on any atom is -0.484 e. The average Bonchev–Trinajstić information content (AvgIpc) is 2.84. The van der Waals surface area contributed by atoms with Crippen LogP contribution in [0.15, 0.2) is 28.8 Å². The second-order valence-electron chi connectivity index (χ2n) is 3.50. The summed E-state index contributed by atoms with van der Waals surface area (Å²) in [5.41, 5.74) is -0.0210. The molecule has 0 atom stereocenters. The van der Waals surface area contributed by atoms with Gasteiger partial charge in [-0.1, -0.05) is 18.1 Å². The van der Waals surface area contributed by atoms with Crippen molar-refractivity contribution in [1.82, 2.24) is 10.1 Å². The molecule has 7 nitrogen and oxygen atoms in total. The number of nitro groups is 1. The number of hydrogen-bond donors (Lipinski definition) is 0. The van der Waals surface area contributed by atoms with Crippen molar-refractivity contribution in [2.75, 3.05) is 0 Å². The van der Waals surface area contributed by atoms with Crippen LogP contribution >= 0.6 is 0 Å². The lowest BCUT2D eigenvalue weighted by atomic mass is 10.3. The molecule has 0 unspecified atom stereocenters. The predicted octanol–water partition coefficient (Wildman–Crippen LogP) is 2.12. The summed E-state index contributed by atoms with van der Waals surface area (Å²) in [4.78, 5) is 14.2.